The first-order chi connectivity index (χ1) is 12.5. The van der Waals surface area contributed by atoms with Crippen molar-refractivity contribution in [3.05, 3.63) is 53.3 Å². The zero-order valence-electron chi connectivity index (χ0n) is 14.6. The molecule has 1 N–H and O–H groups in total. The van der Waals surface area contributed by atoms with Crippen molar-refractivity contribution in [3.63, 3.8) is 0 Å². The van der Waals surface area contributed by atoms with Crippen LogP contribution in [0.3, 0.4) is 0 Å². The van der Waals surface area contributed by atoms with E-state index < -0.39 is 10.0 Å². The third-order valence-corrected chi connectivity index (χ3v) is 7.20. The van der Waals surface area contributed by atoms with Crippen molar-refractivity contribution >= 4 is 15.9 Å². The van der Waals surface area contributed by atoms with Gasteiger partial charge in [-0.05, 0) is 54.7 Å². The number of aromatic nitrogens is 1. The highest BCUT2D eigenvalue weighted by molar-refractivity contribution is 7.89. The normalized spacial score (nSPS) is 18.1. The summed E-state index contributed by atoms with van der Waals surface area (Å²) in [6.07, 6.45) is 5.21. The summed E-state index contributed by atoms with van der Waals surface area (Å²) in [5, 5.41) is 0. The second-order valence-corrected chi connectivity index (χ2v) is 8.88. The second kappa shape index (κ2) is 6.89. The Morgan fingerprint density at radius 2 is 1.81 bits per heavy atom. The number of H-pyrrole nitrogens is 1. The third kappa shape index (κ3) is 3.29. The van der Waals surface area contributed by atoms with Crippen molar-refractivity contribution in [2.75, 3.05) is 26.2 Å². The minimum atomic E-state index is -3.49. The molecule has 1 aliphatic heterocycles. The van der Waals surface area contributed by atoms with Crippen LogP contribution in [0.4, 0.5) is 0 Å². The van der Waals surface area contributed by atoms with Crippen LogP contribution in [0.5, 0.6) is 0 Å². The van der Waals surface area contributed by atoms with Gasteiger partial charge in [0, 0.05) is 38.1 Å². The van der Waals surface area contributed by atoms with E-state index in [2.05, 4.69) is 4.98 Å². The molecule has 138 valence electrons. The van der Waals surface area contributed by atoms with Crippen LogP contribution in [0.1, 0.15) is 23.2 Å². The Balaban J connectivity index is 1.41. The minimum absolute atomic E-state index is 0.0297. The van der Waals surface area contributed by atoms with E-state index in [0.29, 0.717) is 37.5 Å². The van der Waals surface area contributed by atoms with Gasteiger partial charge in [-0.2, -0.15) is 4.31 Å². The van der Waals surface area contributed by atoms with Crippen molar-refractivity contribution < 1.29 is 13.2 Å². The summed E-state index contributed by atoms with van der Waals surface area (Å²) in [4.78, 5) is 17.5. The summed E-state index contributed by atoms with van der Waals surface area (Å²) in [7, 11) is -3.49. The van der Waals surface area contributed by atoms with Crippen LogP contribution in [0.15, 0.2) is 41.4 Å². The maximum atomic E-state index is 12.9. The number of hydrogen-bond donors (Lipinski definition) is 1. The van der Waals surface area contributed by atoms with Gasteiger partial charge in [0.2, 0.25) is 15.9 Å². The standard InChI is InChI=1S/C19H23N3O3S/c23-19(14-17-5-2-8-20-17)21-9-11-22(12-10-21)26(24,25)18-7-6-15-3-1-4-16(15)13-18/h2,5-8,13,20H,1,3-4,9-12,14H2. The van der Waals surface area contributed by atoms with Gasteiger partial charge in [0.15, 0.2) is 0 Å². The quantitative estimate of drug-likeness (QED) is 0.884. The van der Waals surface area contributed by atoms with Crippen molar-refractivity contribution in [3.8, 4) is 0 Å². The molecule has 2 heterocycles. The van der Waals surface area contributed by atoms with Gasteiger partial charge in [-0.15, -0.1) is 0 Å². The molecule has 1 aromatic carbocycles. The lowest BCUT2D eigenvalue weighted by atomic mass is 10.1. The smallest absolute Gasteiger partial charge is 0.243 e. The number of rotatable bonds is 4. The molecule has 1 saturated heterocycles. The van der Waals surface area contributed by atoms with Crippen LogP contribution < -0.4 is 0 Å². The summed E-state index contributed by atoms with van der Waals surface area (Å²) in [5.74, 6) is 0.0297. The first-order valence-corrected chi connectivity index (χ1v) is 10.5. The summed E-state index contributed by atoms with van der Waals surface area (Å²) in [6, 6.07) is 9.25. The van der Waals surface area contributed by atoms with Gasteiger partial charge in [-0.1, -0.05) is 6.07 Å². The lowest BCUT2D eigenvalue weighted by Gasteiger charge is -2.34. The molecule has 1 fully saturated rings. The maximum Gasteiger partial charge on any atom is 0.243 e. The first kappa shape index (κ1) is 17.3. The van der Waals surface area contributed by atoms with E-state index >= 15 is 0 Å². The Morgan fingerprint density at radius 3 is 2.54 bits per heavy atom. The second-order valence-electron chi connectivity index (χ2n) is 6.94. The molecule has 26 heavy (non-hydrogen) atoms. The van der Waals surface area contributed by atoms with E-state index in [4.69, 9.17) is 0 Å². The largest absolute Gasteiger partial charge is 0.365 e. The molecule has 1 aromatic heterocycles. The monoisotopic (exact) mass is 373 g/mol. The Bertz CT molecular complexity index is 898. The lowest BCUT2D eigenvalue weighted by molar-refractivity contribution is -0.131. The van der Waals surface area contributed by atoms with Gasteiger partial charge in [0.05, 0.1) is 11.3 Å². The van der Waals surface area contributed by atoms with Crippen LogP contribution in [0, 0.1) is 0 Å². The van der Waals surface area contributed by atoms with Gasteiger partial charge < -0.3 is 9.88 Å². The third-order valence-electron chi connectivity index (χ3n) is 5.30. The average Bonchev–Trinajstić information content (AvgIpc) is 3.32. The highest BCUT2D eigenvalue weighted by atomic mass is 32.2. The summed E-state index contributed by atoms with van der Waals surface area (Å²) < 4.78 is 27.4. The van der Waals surface area contributed by atoms with Crippen molar-refractivity contribution in [1.82, 2.24) is 14.2 Å². The van der Waals surface area contributed by atoms with Gasteiger partial charge in [0.1, 0.15) is 0 Å². The lowest BCUT2D eigenvalue weighted by Crippen LogP contribution is -2.50. The van der Waals surface area contributed by atoms with Gasteiger partial charge in [0.25, 0.3) is 0 Å². The molecule has 2 aromatic rings. The molecule has 1 amide bonds. The van der Waals surface area contributed by atoms with E-state index in [-0.39, 0.29) is 5.91 Å². The number of benzene rings is 1. The molecule has 0 bridgehead atoms. The molecule has 0 saturated carbocycles. The van der Waals surface area contributed by atoms with E-state index in [9.17, 15) is 13.2 Å². The highest BCUT2D eigenvalue weighted by Crippen LogP contribution is 2.26. The van der Waals surface area contributed by atoms with E-state index in [0.717, 1.165) is 30.5 Å². The molecular formula is C19H23N3O3S. The number of carbonyl (C=O) groups is 1. The molecule has 2 aliphatic rings. The molecule has 4 rings (SSSR count). The van der Waals surface area contributed by atoms with E-state index in [1.807, 2.05) is 24.3 Å². The molecule has 0 unspecified atom stereocenters. The molecule has 7 heteroatoms. The van der Waals surface area contributed by atoms with Crippen LogP contribution >= 0.6 is 0 Å². The SMILES string of the molecule is O=C(Cc1ccc[nH]1)N1CCN(S(=O)(=O)c2ccc3c(c2)CCC3)CC1. The predicted octanol–water partition coefficient (Wildman–Crippen LogP) is 1.58. The highest BCUT2D eigenvalue weighted by Gasteiger charge is 2.30. The number of nitrogens with zero attached hydrogens (tertiary/aromatic N) is 2. The zero-order valence-corrected chi connectivity index (χ0v) is 15.5. The molecule has 0 radical (unpaired) electrons. The van der Waals surface area contributed by atoms with Gasteiger partial charge in [-0.25, -0.2) is 8.42 Å². The number of fused-ring (bicyclic) bond motifs is 1. The summed E-state index contributed by atoms with van der Waals surface area (Å²) >= 11 is 0. The van der Waals surface area contributed by atoms with E-state index in [1.54, 1.807) is 17.2 Å². The number of carbonyl (C=O) groups excluding carboxylic acids is 1. The number of hydrogen-bond acceptors (Lipinski definition) is 3. The minimum Gasteiger partial charge on any atom is -0.365 e. The Kier molecular flexibility index (Phi) is 4.58. The number of aryl methyl sites for hydroxylation is 2. The van der Waals surface area contributed by atoms with Crippen molar-refractivity contribution in [1.29, 1.82) is 0 Å². The number of sulfonamides is 1. The van der Waals surface area contributed by atoms with Crippen molar-refractivity contribution in [2.45, 2.75) is 30.6 Å². The number of amides is 1. The Hall–Kier alpha value is -2.12. The van der Waals surface area contributed by atoms with E-state index in [1.165, 1.54) is 9.87 Å². The maximum absolute atomic E-state index is 12.9. The fourth-order valence-corrected chi connectivity index (χ4v) is 5.26. The van der Waals surface area contributed by atoms with Crippen LogP contribution in [0.25, 0.3) is 0 Å². The average molecular weight is 373 g/mol. The Labute approximate surface area is 153 Å². The zero-order chi connectivity index (χ0) is 18.1. The number of aromatic amines is 1. The van der Waals surface area contributed by atoms with Gasteiger partial charge >= 0.3 is 0 Å². The summed E-state index contributed by atoms with van der Waals surface area (Å²) in [6.45, 7) is 1.55. The first-order valence-electron chi connectivity index (χ1n) is 9.06. The van der Waals surface area contributed by atoms with Crippen LogP contribution in [0.2, 0.25) is 0 Å². The fourth-order valence-electron chi connectivity index (χ4n) is 3.79. The fraction of sp³-hybridized carbons (Fsp3) is 0.421. The van der Waals surface area contributed by atoms with Crippen molar-refractivity contribution in [2.24, 2.45) is 0 Å². The number of piperazine rings is 1. The molecule has 0 atom stereocenters. The predicted molar refractivity (Wildman–Crippen MR) is 98.3 cm³/mol. The summed E-state index contributed by atoms with van der Waals surface area (Å²) in [5.41, 5.74) is 3.30. The molecule has 0 spiro atoms. The Morgan fingerprint density at radius 1 is 1.04 bits per heavy atom. The topological polar surface area (TPSA) is 73.5 Å². The van der Waals surface area contributed by atoms with Gasteiger partial charge in [-0.3, -0.25) is 4.79 Å². The molecule has 6 nitrogen and oxygen atoms in total. The number of nitrogens with one attached hydrogen (secondary N) is 1. The van der Waals surface area contributed by atoms with Crippen LogP contribution in [-0.4, -0.2) is 54.7 Å². The molecular weight excluding hydrogens is 350 g/mol. The molecule has 1 aliphatic carbocycles. The van der Waals surface area contributed by atoms with Crippen LogP contribution in [-0.2, 0) is 34.1 Å².